The highest BCUT2D eigenvalue weighted by Gasteiger charge is 2.13. The maximum atomic E-state index is 12.1. The Labute approximate surface area is 111 Å². The number of hydrogen-bond acceptors (Lipinski definition) is 3. The molecule has 100 valence electrons. The molecule has 0 radical (unpaired) electrons. The van der Waals surface area contributed by atoms with Gasteiger partial charge in [0, 0.05) is 11.8 Å². The number of amides is 1. The fraction of sp³-hybridized carbons (Fsp3) is 0.0833. The predicted molar refractivity (Wildman–Crippen MR) is 64.7 cm³/mol. The smallest absolute Gasteiger partial charge is 0.387 e. The van der Waals surface area contributed by atoms with Gasteiger partial charge in [0.25, 0.3) is 5.91 Å². The van der Waals surface area contributed by atoms with E-state index in [1.54, 1.807) is 0 Å². The third-order valence-electron chi connectivity index (χ3n) is 2.18. The Hall–Kier alpha value is -2.08. The molecule has 0 aliphatic rings. The van der Waals surface area contributed by atoms with Crippen LogP contribution >= 0.6 is 11.6 Å². The van der Waals surface area contributed by atoms with E-state index in [-0.39, 0.29) is 16.5 Å². The van der Waals surface area contributed by atoms with E-state index in [0.29, 0.717) is 5.69 Å². The maximum absolute atomic E-state index is 12.1. The van der Waals surface area contributed by atoms with Gasteiger partial charge in [-0.15, -0.1) is 0 Å². The van der Waals surface area contributed by atoms with Crippen LogP contribution < -0.4 is 10.1 Å². The van der Waals surface area contributed by atoms with Gasteiger partial charge < -0.3 is 14.5 Å². The average molecular weight is 288 g/mol. The van der Waals surface area contributed by atoms with Gasteiger partial charge in [0.15, 0.2) is 0 Å². The quantitative estimate of drug-likeness (QED) is 0.931. The van der Waals surface area contributed by atoms with Gasteiger partial charge in [0.05, 0.1) is 11.8 Å². The molecule has 0 saturated carbocycles. The summed E-state index contributed by atoms with van der Waals surface area (Å²) in [7, 11) is 0. The van der Waals surface area contributed by atoms with Crippen LogP contribution in [-0.2, 0) is 0 Å². The lowest BCUT2D eigenvalue weighted by Crippen LogP contribution is -2.11. The van der Waals surface area contributed by atoms with Gasteiger partial charge >= 0.3 is 6.61 Å². The molecule has 2 rings (SSSR count). The molecule has 1 aromatic heterocycles. The molecule has 4 nitrogen and oxygen atoms in total. The minimum absolute atomic E-state index is 0.0440. The van der Waals surface area contributed by atoms with Crippen LogP contribution in [-0.4, -0.2) is 12.5 Å². The van der Waals surface area contributed by atoms with E-state index >= 15 is 0 Å². The monoisotopic (exact) mass is 287 g/mol. The van der Waals surface area contributed by atoms with Crippen molar-refractivity contribution < 1.29 is 22.7 Å². The van der Waals surface area contributed by atoms with Crippen molar-refractivity contribution in [1.82, 2.24) is 0 Å². The number of carbonyl (C=O) groups excluding carboxylic acids is 1. The molecule has 0 bridgehead atoms. The second-order valence-electron chi connectivity index (χ2n) is 3.47. The number of rotatable bonds is 4. The van der Waals surface area contributed by atoms with Crippen LogP contribution in [0.3, 0.4) is 0 Å². The van der Waals surface area contributed by atoms with Crippen molar-refractivity contribution in [2.45, 2.75) is 6.61 Å². The molecule has 1 aromatic carbocycles. The summed E-state index contributed by atoms with van der Waals surface area (Å²) in [5, 5.41) is 2.45. The summed E-state index contributed by atoms with van der Waals surface area (Å²) in [5.74, 6) is -0.556. The molecule has 0 aliphatic heterocycles. The van der Waals surface area contributed by atoms with Crippen molar-refractivity contribution in [2.24, 2.45) is 0 Å². The molecule has 1 heterocycles. The van der Waals surface area contributed by atoms with Gasteiger partial charge in [-0.1, -0.05) is 6.07 Å². The van der Waals surface area contributed by atoms with Gasteiger partial charge in [-0.25, -0.2) is 0 Å². The van der Waals surface area contributed by atoms with Crippen LogP contribution in [0.5, 0.6) is 5.75 Å². The summed E-state index contributed by atoms with van der Waals surface area (Å²) in [6.07, 6.45) is 1.27. The molecular formula is C12H8ClF2NO3. The average Bonchev–Trinajstić information content (AvgIpc) is 2.75. The SMILES string of the molecule is O=C(Nc1cccc(OC(F)F)c1)c1ccoc1Cl. The number of furan rings is 1. The lowest BCUT2D eigenvalue weighted by Gasteiger charge is -2.07. The van der Waals surface area contributed by atoms with Gasteiger partial charge in [-0.2, -0.15) is 8.78 Å². The highest BCUT2D eigenvalue weighted by atomic mass is 35.5. The Morgan fingerprint density at radius 3 is 2.79 bits per heavy atom. The van der Waals surface area contributed by atoms with E-state index in [9.17, 15) is 13.6 Å². The second kappa shape index (κ2) is 5.71. The molecule has 0 fully saturated rings. The number of hydrogen-bond donors (Lipinski definition) is 1. The number of alkyl halides is 2. The fourth-order valence-electron chi connectivity index (χ4n) is 1.40. The van der Waals surface area contributed by atoms with Crippen molar-refractivity contribution in [3.63, 3.8) is 0 Å². The Balaban J connectivity index is 2.11. The van der Waals surface area contributed by atoms with Crippen molar-refractivity contribution in [3.05, 3.63) is 47.4 Å². The minimum atomic E-state index is -2.92. The first-order chi connectivity index (χ1) is 9.06. The molecular weight excluding hydrogens is 280 g/mol. The Morgan fingerprint density at radius 1 is 1.37 bits per heavy atom. The van der Waals surface area contributed by atoms with Crippen LogP contribution in [0.2, 0.25) is 5.22 Å². The molecule has 1 amide bonds. The summed E-state index contributed by atoms with van der Waals surface area (Å²) in [6, 6.07) is 7.04. The van der Waals surface area contributed by atoms with E-state index < -0.39 is 12.5 Å². The first-order valence-electron chi connectivity index (χ1n) is 5.15. The van der Waals surface area contributed by atoms with E-state index in [1.165, 1.54) is 36.6 Å². The summed E-state index contributed by atoms with van der Waals surface area (Å²) < 4.78 is 33.1. The number of halogens is 3. The minimum Gasteiger partial charge on any atom is -0.452 e. The topological polar surface area (TPSA) is 51.5 Å². The maximum Gasteiger partial charge on any atom is 0.387 e. The first kappa shape index (κ1) is 13.4. The van der Waals surface area contributed by atoms with E-state index in [0.717, 1.165) is 0 Å². The summed E-state index contributed by atoms with van der Waals surface area (Å²) >= 11 is 5.65. The Morgan fingerprint density at radius 2 is 2.16 bits per heavy atom. The zero-order valence-corrected chi connectivity index (χ0v) is 10.2. The Bertz CT molecular complexity index is 586. The van der Waals surface area contributed by atoms with Crippen LogP contribution in [0.25, 0.3) is 0 Å². The third kappa shape index (κ3) is 3.45. The summed E-state index contributed by atoms with van der Waals surface area (Å²) in [6.45, 7) is -2.92. The largest absolute Gasteiger partial charge is 0.452 e. The van der Waals surface area contributed by atoms with Gasteiger partial charge in [0.1, 0.15) is 5.75 Å². The number of benzene rings is 1. The lowest BCUT2D eigenvalue weighted by atomic mass is 10.2. The van der Waals surface area contributed by atoms with Crippen LogP contribution in [0.1, 0.15) is 10.4 Å². The van der Waals surface area contributed by atoms with E-state index in [2.05, 4.69) is 10.1 Å². The Kier molecular flexibility index (Phi) is 4.01. The molecule has 0 saturated heterocycles. The van der Waals surface area contributed by atoms with Crippen LogP contribution in [0.15, 0.2) is 41.0 Å². The third-order valence-corrected chi connectivity index (χ3v) is 2.47. The number of nitrogens with one attached hydrogen (secondary N) is 1. The highest BCUT2D eigenvalue weighted by molar-refractivity contribution is 6.32. The molecule has 0 aliphatic carbocycles. The van der Waals surface area contributed by atoms with E-state index in [1.807, 2.05) is 0 Å². The van der Waals surface area contributed by atoms with Crippen molar-refractivity contribution >= 4 is 23.2 Å². The highest BCUT2D eigenvalue weighted by Crippen LogP contribution is 2.22. The van der Waals surface area contributed by atoms with Gasteiger partial charge in [-0.05, 0) is 29.8 Å². The van der Waals surface area contributed by atoms with Crippen molar-refractivity contribution in [2.75, 3.05) is 5.32 Å². The van der Waals surface area contributed by atoms with Gasteiger partial charge in [-0.3, -0.25) is 4.79 Å². The van der Waals surface area contributed by atoms with Gasteiger partial charge in [0.2, 0.25) is 5.22 Å². The number of anilines is 1. The molecule has 2 aromatic rings. The van der Waals surface area contributed by atoms with Crippen LogP contribution in [0, 0.1) is 0 Å². The summed E-state index contributed by atoms with van der Waals surface area (Å²) in [5.41, 5.74) is 0.460. The molecule has 1 N–H and O–H groups in total. The lowest BCUT2D eigenvalue weighted by molar-refractivity contribution is -0.0497. The fourth-order valence-corrected chi connectivity index (χ4v) is 1.60. The molecule has 7 heteroatoms. The second-order valence-corrected chi connectivity index (χ2v) is 3.81. The van der Waals surface area contributed by atoms with Crippen molar-refractivity contribution in [3.8, 4) is 5.75 Å². The molecule has 19 heavy (non-hydrogen) atoms. The predicted octanol–water partition coefficient (Wildman–Crippen LogP) is 3.79. The molecule has 0 spiro atoms. The zero-order valence-electron chi connectivity index (χ0n) is 9.40. The van der Waals surface area contributed by atoms with Crippen molar-refractivity contribution in [1.29, 1.82) is 0 Å². The zero-order chi connectivity index (χ0) is 13.8. The van der Waals surface area contributed by atoms with E-state index in [4.69, 9.17) is 16.0 Å². The molecule has 0 atom stereocenters. The number of carbonyl (C=O) groups is 1. The summed E-state index contributed by atoms with van der Waals surface area (Å²) in [4.78, 5) is 11.8. The molecule has 0 unspecified atom stereocenters. The van der Waals surface area contributed by atoms with Crippen LogP contribution in [0.4, 0.5) is 14.5 Å². The number of ether oxygens (including phenoxy) is 1. The first-order valence-corrected chi connectivity index (χ1v) is 5.53. The standard InChI is InChI=1S/C12H8ClF2NO3/c13-10-9(4-5-18-10)11(17)16-7-2-1-3-8(6-7)19-12(14)15/h1-6,12H,(H,16,17). The normalized spacial score (nSPS) is 10.5.